The summed E-state index contributed by atoms with van der Waals surface area (Å²) in [6.07, 6.45) is 20.2. The van der Waals surface area contributed by atoms with Crippen molar-refractivity contribution in [3.05, 3.63) is 24.8 Å². The molecule has 0 aromatic rings. The Labute approximate surface area is 246 Å². The van der Waals surface area contributed by atoms with Crippen molar-refractivity contribution in [1.29, 1.82) is 5.26 Å². The molecule has 0 spiro atoms. The monoisotopic (exact) mass is 573 g/mol. The first-order chi connectivity index (χ1) is 20.1. The second-order valence-electron chi connectivity index (χ2n) is 11.5. The third-order valence-electron chi connectivity index (χ3n) is 8.28. The Bertz CT molecular complexity index is 834. The van der Waals surface area contributed by atoms with Crippen molar-refractivity contribution in [3.8, 4) is 6.07 Å². The van der Waals surface area contributed by atoms with Gasteiger partial charge in [-0.15, -0.1) is 0 Å². The highest BCUT2D eigenvalue weighted by Crippen LogP contribution is 2.35. The van der Waals surface area contributed by atoms with E-state index in [-0.39, 0.29) is 12.5 Å². The van der Waals surface area contributed by atoms with E-state index in [1.54, 1.807) is 0 Å². The van der Waals surface area contributed by atoms with Crippen LogP contribution >= 0.6 is 0 Å². The molecule has 2 unspecified atom stereocenters. The third-order valence-corrected chi connectivity index (χ3v) is 8.28. The third kappa shape index (κ3) is 11.6. The minimum Gasteiger partial charge on any atom is -0.457 e. The lowest BCUT2D eigenvalue weighted by molar-refractivity contribution is -0.353. The Morgan fingerprint density at radius 1 is 0.976 bits per heavy atom. The summed E-state index contributed by atoms with van der Waals surface area (Å²) in [5, 5.41) is 8.66. The number of Topliss-reactive ketones (excluding diaryl/α,β-unsaturated/α-hetero) is 1. The number of ether oxygens (including phenoxy) is 5. The van der Waals surface area contributed by atoms with E-state index in [0.717, 1.165) is 77.0 Å². The van der Waals surface area contributed by atoms with E-state index in [1.807, 2.05) is 0 Å². The number of carbonyl (C=O) groups is 2. The number of hydrogen-bond acceptors (Lipinski definition) is 8. The molecule has 1 aliphatic carbocycles. The number of nitrogens with zero attached hydrogens (tertiary/aromatic N) is 1. The summed E-state index contributed by atoms with van der Waals surface area (Å²) in [6, 6.07) is 2.19. The van der Waals surface area contributed by atoms with Crippen molar-refractivity contribution in [2.45, 2.75) is 134 Å². The molecule has 230 valence electrons. The van der Waals surface area contributed by atoms with Crippen molar-refractivity contribution in [2.24, 2.45) is 11.8 Å². The number of carbonyl (C=O) groups excluding carboxylic acids is 2. The number of ketones is 1. The van der Waals surface area contributed by atoms with Crippen LogP contribution < -0.4 is 0 Å². The van der Waals surface area contributed by atoms with Gasteiger partial charge in [0.2, 0.25) is 0 Å². The molecule has 41 heavy (non-hydrogen) atoms. The predicted octanol–water partition coefficient (Wildman–Crippen LogP) is 7.07. The SMILES string of the molecule is C=CCOC(=O)C(CCCCC[C@H]1C(=O)CC[C@@H]1/C=C/CCCCCC#N)(OC1CCCCO1)OC1CCCCO1. The Kier molecular flexibility index (Phi) is 15.7. The Balaban J connectivity index is 1.55. The maximum Gasteiger partial charge on any atom is 0.367 e. The van der Waals surface area contributed by atoms with Crippen molar-refractivity contribution in [3.63, 3.8) is 0 Å². The molecule has 0 N–H and O–H groups in total. The summed E-state index contributed by atoms with van der Waals surface area (Å²) in [7, 11) is 0. The van der Waals surface area contributed by atoms with Crippen LogP contribution in [0.3, 0.4) is 0 Å². The molecule has 3 fully saturated rings. The lowest BCUT2D eigenvalue weighted by atomic mass is 9.89. The number of esters is 1. The normalized spacial score (nSPS) is 26.5. The fourth-order valence-corrected chi connectivity index (χ4v) is 5.97. The van der Waals surface area contributed by atoms with Gasteiger partial charge in [-0.1, -0.05) is 44.1 Å². The Morgan fingerprint density at radius 2 is 1.68 bits per heavy atom. The quantitative estimate of drug-likeness (QED) is 0.0699. The van der Waals surface area contributed by atoms with Gasteiger partial charge in [0.1, 0.15) is 12.4 Å². The zero-order chi connectivity index (χ0) is 29.2. The first kappa shape index (κ1) is 33.5. The summed E-state index contributed by atoms with van der Waals surface area (Å²) in [4.78, 5) is 26.1. The fraction of sp³-hybridized carbons (Fsp3) is 0.788. The van der Waals surface area contributed by atoms with Crippen molar-refractivity contribution in [2.75, 3.05) is 19.8 Å². The predicted molar refractivity (Wildman–Crippen MR) is 155 cm³/mol. The topological polar surface area (TPSA) is 104 Å². The molecule has 8 nitrogen and oxygen atoms in total. The van der Waals surface area contributed by atoms with Crippen molar-refractivity contribution in [1.82, 2.24) is 0 Å². The molecule has 2 heterocycles. The summed E-state index contributed by atoms with van der Waals surface area (Å²) in [6.45, 7) is 4.93. The lowest BCUT2D eigenvalue weighted by Gasteiger charge is -2.38. The molecular formula is C33H51NO7. The first-order valence-electron chi connectivity index (χ1n) is 16.0. The Morgan fingerprint density at radius 3 is 2.32 bits per heavy atom. The van der Waals surface area contributed by atoms with E-state index < -0.39 is 24.3 Å². The highest BCUT2D eigenvalue weighted by atomic mass is 16.8. The van der Waals surface area contributed by atoms with Gasteiger partial charge in [0, 0.05) is 38.4 Å². The zero-order valence-electron chi connectivity index (χ0n) is 24.9. The van der Waals surface area contributed by atoms with Crippen molar-refractivity contribution >= 4 is 11.8 Å². The standard InChI is InChI=1S/C33H51NO7/c1-2-24-39-32(36)33(40-30-18-10-14-25-37-30,41-31-19-11-15-26-38-31)22-12-7-9-17-28-27(20-21-29(28)35)16-8-5-3-4-6-13-23-34/h2,8,16,27-28,30-31H,1,3-7,9-15,17-22,24-26H2/b16-8+/t27-,28+,30?,31?,33?/m0/s1. The van der Waals surface area contributed by atoms with Gasteiger partial charge in [-0.2, -0.15) is 5.26 Å². The highest BCUT2D eigenvalue weighted by Gasteiger charge is 2.47. The van der Waals surface area contributed by atoms with Crippen LogP contribution in [0.2, 0.25) is 0 Å². The summed E-state index contributed by atoms with van der Waals surface area (Å²) >= 11 is 0. The van der Waals surface area contributed by atoms with Crippen LogP contribution in [0.5, 0.6) is 0 Å². The van der Waals surface area contributed by atoms with Gasteiger partial charge in [-0.25, -0.2) is 4.79 Å². The van der Waals surface area contributed by atoms with Gasteiger partial charge in [0.05, 0.1) is 6.07 Å². The number of unbranched alkanes of at least 4 members (excludes halogenated alkanes) is 6. The molecule has 4 atom stereocenters. The molecule has 3 rings (SSSR count). The van der Waals surface area contributed by atoms with E-state index in [1.165, 1.54) is 6.08 Å². The van der Waals surface area contributed by atoms with Crippen LogP contribution in [-0.4, -0.2) is 49.9 Å². The largest absolute Gasteiger partial charge is 0.457 e. The summed E-state index contributed by atoms with van der Waals surface area (Å²) in [5.74, 6) is -1.41. The second kappa shape index (κ2) is 19.2. The molecule has 0 radical (unpaired) electrons. The molecule has 0 bridgehead atoms. The van der Waals surface area contributed by atoms with Gasteiger partial charge < -0.3 is 23.7 Å². The van der Waals surface area contributed by atoms with Crippen molar-refractivity contribution < 1.29 is 33.3 Å². The number of allylic oxidation sites excluding steroid dienone is 2. The van der Waals surface area contributed by atoms with Crippen LogP contribution in [0.25, 0.3) is 0 Å². The molecule has 0 amide bonds. The van der Waals surface area contributed by atoms with Crippen LogP contribution in [0.15, 0.2) is 24.8 Å². The van der Waals surface area contributed by atoms with Gasteiger partial charge in [-0.3, -0.25) is 4.79 Å². The zero-order valence-corrected chi connectivity index (χ0v) is 24.9. The average Bonchev–Trinajstić information content (AvgIpc) is 3.34. The van der Waals surface area contributed by atoms with Gasteiger partial charge in [0.15, 0.2) is 12.6 Å². The van der Waals surface area contributed by atoms with Crippen LogP contribution in [0.4, 0.5) is 0 Å². The molecule has 0 aromatic heterocycles. The lowest BCUT2D eigenvalue weighted by Crippen LogP contribution is -2.51. The van der Waals surface area contributed by atoms with E-state index in [9.17, 15) is 9.59 Å². The van der Waals surface area contributed by atoms with E-state index >= 15 is 0 Å². The highest BCUT2D eigenvalue weighted by molar-refractivity contribution is 5.83. The Hall–Kier alpha value is -2.05. The molecular weight excluding hydrogens is 522 g/mol. The van der Waals surface area contributed by atoms with Gasteiger partial charge in [-0.05, 0) is 83.0 Å². The average molecular weight is 574 g/mol. The number of nitriles is 1. The number of rotatable bonds is 19. The van der Waals surface area contributed by atoms with E-state index in [0.29, 0.717) is 63.4 Å². The second-order valence-corrected chi connectivity index (χ2v) is 11.5. The molecule has 2 saturated heterocycles. The maximum atomic E-state index is 13.4. The number of hydrogen-bond donors (Lipinski definition) is 0. The van der Waals surface area contributed by atoms with Crippen LogP contribution in [0, 0.1) is 23.2 Å². The molecule has 0 aromatic carbocycles. The van der Waals surface area contributed by atoms with E-state index in [2.05, 4.69) is 24.8 Å². The van der Waals surface area contributed by atoms with Gasteiger partial charge in [0.25, 0.3) is 5.79 Å². The summed E-state index contributed by atoms with van der Waals surface area (Å²) in [5.41, 5.74) is 0. The smallest absolute Gasteiger partial charge is 0.367 e. The minimum atomic E-state index is -1.60. The molecule has 3 aliphatic rings. The summed E-state index contributed by atoms with van der Waals surface area (Å²) < 4.78 is 29.8. The molecule has 8 heteroatoms. The molecule has 1 saturated carbocycles. The maximum absolute atomic E-state index is 13.4. The van der Waals surface area contributed by atoms with Gasteiger partial charge >= 0.3 is 5.97 Å². The van der Waals surface area contributed by atoms with E-state index in [4.69, 9.17) is 28.9 Å². The first-order valence-corrected chi connectivity index (χ1v) is 16.0. The fourth-order valence-electron chi connectivity index (χ4n) is 5.97. The van der Waals surface area contributed by atoms with Crippen LogP contribution in [-0.2, 0) is 33.3 Å². The minimum absolute atomic E-state index is 0.0723. The van der Waals surface area contributed by atoms with Crippen LogP contribution in [0.1, 0.15) is 116 Å². The molecule has 2 aliphatic heterocycles.